The first-order valence-electron chi connectivity index (χ1n) is 8.90. The predicted molar refractivity (Wildman–Crippen MR) is 91.7 cm³/mol. The lowest BCUT2D eigenvalue weighted by Gasteiger charge is -2.30. The minimum Gasteiger partial charge on any atom is -0.355 e. The van der Waals surface area contributed by atoms with Gasteiger partial charge in [-0.3, -0.25) is 4.79 Å². The van der Waals surface area contributed by atoms with Crippen LogP contribution >= 0.6 is 0 Å². The highest BCUT2D eigenvalue weighted by atomic mass is 32.2. The summed E-state index contributed by atoms with van der Waals surface area (Å²) in [5, 5.41) is 3.01. The number of piperidine rings is 1. The normalized spacial score (nSPS) is 20.8. The largest absolute Gasteiger partial charge is 0.355 e. The van der Waals surface area contributed by atoms with Crippen LogP contribution in [0, 0.1) is 5.92 Å². The molecule has 0 radical (unpaired) electrons. The van der Waals surface area contributed by atoms with Crippen molar-refractivity contribution < 1.29 is 13.2 Å². The number of rotatable bonds is 9. The molecule has 23 heavy (non-hydrogen) atoms. The summed E-state index contributed by atoms with van der Waals surface area (Å²) < 4.78 is 25.9. The molecule has 1 aliphatic heterocycles. The molecular formula is C16H31N3O3S. The van der Waals surface area contributed by atoms with Crippen LogP contribution in [0.15, 0.2) is 0 Å². The van der Waals surface area contributed by atoms with Gasteiger partial charge in [0.2, 0.25) is 15.9 Å². The second kappa shape index (κ2) is 8.44. The molecule has 1 amide bonds. The van der Waals surface area contributed by atoms with Crippen LogP contribution in [0.1, 0.15) is 45.4 Å². The van der Waals surface area contributed by atoms with Gasteiger partial charge >= 0.3 is 0 Å². The van der Waals surface area contributed by atoms with Crippen LogP contribution in [-0.4, -0.2) is 68.6 Å². The van der Waals surface area contributed by atoms with Gasteiger partial charge in [0, 0.05) is 38.1 Å². The summed E-state index contributed by atoms with van der Waals surface area (Å²) >= 11 is 0. The SMILES string of the molecule is CCCCS(=O)(=O)N1CCC(C(=O)NCCN(C)C2CC2)CC1. The first-order valence-corrected chi connectivity index (χ1v) is 10.5. The Morgan fingerprint density at radius 3 is 2.43 bits per heavy atom. The van der Waals surface area contributed by atoms with Crippen LogP contribution < -0.4 is 5.32 Å². The summed E-state index contributed by atoms with van der Waals surface area (Å²) in [6, 6.07) is 0.712. The van der Waals surface area contributed by atoms with E-state index in [1.165, 1.54) is 12.8 Å². The zero-order chi connectivity index (χ0) is 16.9. The molecule has 0 aromatic carbocycles. The van der Waals surface area contributed by atoms with E-state index in [-0.39, 0.29) is 17.6 Å². The van der Waals surface area contributed by atoms with E-state index in [0.717, 1.165) is 13.0 Å². The molecule has 2 rings (SSSR count). The molecule has 2 fully saturated rings. The predicted octanol–water partition coefficient (Wildman–Crippen LogP) is 1.04. The van der Waals surface area contributed by atoms with Crippen molar-refractivity contribution in [1.29, 1.82) is 0 Å². The second-order valence-corrected chi connectivity index (χ2v) is 8.93. The molecule has 0 aromatic heterocycles. The first-order chi connectivity index (χ1) is 10.9. The smallest absolute Gasteiger partial charge is 0.223 e. The average molecular weight is 346 g/mol. The van der Waals surface area contributed by atoms with Crippen molar-refractivity contribution in [3.05, 3.63) is 0 Å². The monoisotopic (exact) mass is 345 g/mol. The maximum absolute atomic E-state index is 12.2. The third-order valence-electron chi connectivity index (χ3n) is 4.91. The Balaban J connectivity index is 1.67. The van der Waals surface area contributed by atoms with E-state index in [4.69, 9.17) is 0 Å². The van der Waals surface area contributed by atoms with Gasteiger partial charge in [0.1, 0.15) is 0 Å². The summed E-state index contributed by atoms with van der Waals surface area (Å²) in [6.45, 7) is 4.52. The number of amides is 1. The molecule has 1 saturated carbocycles. The molecule has 1 N–H and O–H groups in total. The number of nitrogens with one attached hydrogen (secondary N) is 1. The second-order valence-electron chi connectivity index (χ2n) is 6.85. The molecule has 1 saturated heterocycles. The fraction of sp³-hybridized carbons (Fsp3) is 0.938. The van der Waals surface area contributed by atoms with E-state index in [9.17, 15) is 13.2 Å². The van der Waals surface area contributed by atoms with E-state index in [0.29, 0.717) is 44.9 Å². The van der Waals surface area contributed by atoms with Gasteiger partial charge in [-0.2, -0.15) is 0 Å². The van der Waals surface area contributed by atoms with Crippen molar-refractivity contribution >= 4 is 15.9 Å². The third kappa shape index (κ3) is 5.72. The number of carbonyl (C=O) groups is 1. The van der Waals surface area contributed by atoms with Crippen LogP contribution in [0.25, 0.3) is 0 Å². The fourth-order valence-electron chi connectivity index (χ4n) is 3.05. The molecule has 0 atom stereocenters. The lowest BCUT2D eigenvalue weighted by Crippen LogP contribution is -2.44. The number of hydrogen-bond donors (Lipinski definition) is 1. The number of unbranched alkanes of at least 4 members (excludes halogenated alkanes) is 1. The van der Waals surface area contributed by atoms with Gasteiger partial charge in [-0.15, -0.1) is 0 Å². The van der Waals surface area contributed by atoms with Crippen LogP contribution in [0.3, 0.4) is 0 Å². The van der Waals surface area contributed by atoms with Crippen molar-refractivity contribution in [2.75, 3.05) is 39.0 Å². The van der Waals surface area contributed by atoms with Gasteiger partial charge < -0.3 is 10.2 Å². The Morgan fingerprint density at radius 2 is 1.87 bits per heavy atom. The van der Waals surface area contributed by atoms with Crippen molar-refractivity contribution in [3.8, 4) is 0 Å². The van der Waals surface area contributed by atoms with Crippen molar-refractivity contribution in [3.63, 3.8) is 0 Å². The summed E-state index contributed by atoms with van der Waals surface area (Å²) in [6.07, 6.45) is 5.40. The molecule has 7 heteroatoms. The van der Waals surface area contributed by atoms with Gasteiger partial charge in [0.05, 0.1) is 5.75 Å². The summed E-state index contributed by atoms with van der Waals surface area (Å²) in [4.78, 5) is 14.5. The summed E-state index contributed by atoms with van der Waals surface area (Å²) in [5.74, 6) is 0.270. The fourth-order valence-corrected chi connectivity index (χ4v) is 4.73. The molecule has 2 aliphatic rings. The van der Waals surface area contributed by atoms with Crippen molar-refractivity contribution in [2.24, 2.45) is 5.92 Å². The number of nitrogens with zero attached hydrogens (tertiary/aromatic N) is 2. The molecule has 0 bridgehead atoms. The number of likely N-dealkylation sites (N-methyl/N-ethyl adjacent to an activating group) is 1. The van der Waals surface area contributed by atoms with Crippen LogP contribution in [0.4, 0.5) is 0 Å². The first kappa shape index (κ1) is 18.7. The summed E-state index contributed by atoms with van der Waals surface area (Å²) in [5.41, 5.74) is 0. The minimum atomic E-state index is -3.13. The zero-order valence-electron chi connectivity index (χ0n) is 14.5. The van der Waals surface area contributed by atoms with E-state index >= 15 is 0 Å². The maximum atomic E-state index is 12.2. The van der Waals surface area contributed by atoms with Gasteiger partial charge in [-0.05, 0) is 39.2 Å². The molecule has 1 heterocycles. The minimum absolute atomic E-state index is 0.0427. The number of carbonyl (C=O) groups excluding carboxylic acids is 1. The molecular weight excluding hydrogens is 314 g/mol. The highest BCUT2D eigenvalue weighted by Gasteiger charge is 2.31. The lowest BCUT2D eigenvalue weighted by atomic mass is 9.97. The maximum Gasteiger partial charge on any atom is 0.223 e. The quantitative estimate of drug-likeness (QED) is 0.678. The average Bonchev–Trinajstić information content (AvgIpc) is 3.38. The number of sulfonamides is 1. The Labute approximate surface area is 140 Å². The molecule has 1 aliphatic carbocycles. The van der Waals surface area contributed by atoms with Crippen molar-refractivity contribution in [1.82, 2.24) is 14.5 Å². The molecule has 6 nitrogen and oxygen atoms in total. The Kier molecular flexibility index (Phi) is 6.85. The Hall–Kier alpha value is -0.660. The highest BCUT2D eigenvalue weighted by Crippen LogP contribution is 2.24. The summed E-state index contributed by atoms with van der Waals surface area (Å²) in [7, 11) is -1.03. The van der Waals surface area contributed by atoms with Crippen LogP contribution in [-0.2, 0) is 14.8 Å². The Bertz CT molecular complexity index is 483. The third-order valence-corrected chi connectivity index (χ3v) is 6.86. The van der Waals surface area contributed by atoms with E-state index in [1.54, 1.807) is 4.31 Å². The van der Waals surface area contributed by atoms with Gasteiger partial charge in [-0.1, -0.05) is 13.3 Å². The molecule has 0 unspecified atom stereocenters. The highest BCUT2D eigenvalue weighted by molar-refractivity contribution is 7.89. The van der Waals surface area contributed by atoms with Crippen molar-refractivity contribution in [2.45, 2.75) is 51.5 Å². The van der Waals surface area contributed by atoms with Crippen LogP contribution in [0.2, 0.25) is 0 Å². The zero-order valence-corrected chi connectivity index (χ0v) is 15.3. The van der Waals surface area contributed by atoms with E-state index < -0.39 is 10.0 Å². The van der Waals surface area contributed by atoms with Gasteiger partial charge in [0.25, 0.3) is 0 Å². The van der Waals surface area contributed by atoms with E-state index in [2.05, 4.69) is 17.3 Å². The van der Waals surface area contributed by atoms with E-state index in [1.807, 2.05) is 6.92 Å². The van der Waals surface area contributed by atoms with Gasteiger partial charge in [-0.25, -0.2) is 12.7 Å². The van der Waals surface area contributed by atoms with Gasteiger partial charge in [0.15, 0.2) is 0 Å². The molecule has 0 spiro atoms. The molecule has 0 aromatic rings. The van der Waals surface area contributed by atoms with Crippen LogP contribution in [0.5, 0.6) is 0 Å². The topological polar surface area (TPSA) is 69.7 Å². The Morgan fingerprint density at radius 1 is 1.22 bits per heavy atom. The standard InChI is InChI=1S/C16H31N3O3S/c1-3-4-13-23(21,22)19-10-7-14(8-11-19)16(20)17-9-12-18(2)15-5-6-15/h14-15H,3-13H2,1-2H3,(H,17,20). The molecule has 134 valence electrons. The number of hydrogen-bond acceptors (Lipinski definition) is 4. The lowest BCUT2D eigenvalue weighted by molar-refractivity contribution is -0.126.